The molecular formula is C12H18ClN3O2. The van der Waals surface area contributed by atoms with E-state index in [0.717, 1.165) is 5.69 Å². The molecule has 0 aliphatic heterocycles. The molecule has 0 saturated heterocycles. The Kier molecular flexibility index (Phi) is 5.74. The van der Waals surface area contributed by atoms with Crippen molar-refractivity contribution in [1.29, 1.82) is 0 Å². The van der Waals surface area contributed by atoms with Gasteiger partial charge in [-0.2, -0.15) is 0 Å². The Morgan fingerprint density at radius 3 is 2.72 bits per heavy atom. The smallest absolute Gasteiger partial charge is 0.319 e. The number of hydrogen-bond acceptors (Lipinski definition) is 3. The summed E-state index contributed by atoms with van der Waals surface area (Å²) >= 11 is 6.09. The number of amides is 2. The molecule has 2 amide bonds. The second-order valence-electron chi connectivity index (χ2n) is 4.02. The number of aliphatic hydroxyl groups is 1. The maximum atomic E-state index is 11.5. The highest BCUT2D eigenvalue weighted by atomic mass is 35.5. The first-order valence-corrected chi connectivity index (χ1v) is 6.05. The van der Waals surface area contributed by atoms with E-state index in [1.54, 1.807) is 12.1 Å². The third-order valence-electron chi connectivity index (χ3n) is 2.31. The number of aliphatic hydroxyl groups excluding tert-OH is 1. The summed E-state index contributed by atoms with van der Waals surface area (Å²) in [4.78, 5) is 13.4. The number of carbonyl (C=O) groups is 1. The van der Waals surface area contributed by atoms with Crippen LogP contribution >= 0.6 is 11.6 Å². The van der Waals surface area contributed by atoms with Crippen LogP contribution in [0.1, 0.15) is 6.42 Å². The van der Waals surface area contributed by atoms with E-state index in [-0.39, 0.29) is 12.6 Å². The summed E-state index contributed by atoms with van der Waals surface area (Å²) in [7, 11) is 3.80. The van der Waals surface area contributed by atoms with Gasteiger partial charge in [-0.15, -0.1) is 0 Å². The zero-order valence-corrected chi connectivity index (χ0v) is 11.3. The van der Waals surface area contributed by atoms with Gasteiger partial charge in [0.05, 0.1) is 10.7 Å². The van der Waals surface area contributed by atoms with Crippen molar-refractivity contribution in [1.82, 2.24) is 5.32 Å². The summed E-state index contributed by atoms with van der Waals surface area (Å²) in [5.41, 5.74) is 1.52. The lowest BCUT2D eigenvalue weighted by Gasteiger charge is -2.15. The quantitative estimate of drug-likeness (QED) is 0.717. The van der Waals surface area contributed by atoms with Crippen LogP contribution in [0.3, 0.4) is 0 Å². The van der Waals surface area contributed by atoms with Crippen LogP contribution in [0.15, 0.2) is 18.2 Å². The number of hydrogen-bond donors (Lipinski definition) is 3. The molecule has 5 nitrogen and oxygen atoms in total. The van der Waals surface area contributed by atoms with Gasteiger partial charge >= 0.3 is 6.03 Å². The van der Waals surface area contributed by atoms with E-state index < -0.39 is 0 Å². The van der Waals surface area contributed by atoms with Gasteiger partial charge in [0.15, 0.2) is 0 Å². The van der Waals surface area contributed by atoms with Crippen molar-refractivity contribution in [2.24, 2.45) is 0 Å². The van der Waals surface area contributed by atoms with Crippen molar-refractivity contribution in [3.63, 3.8) is 0 Å². The number of nitrogens with zero attached hydrogens (tertiary/aromatic N) is 1. The molecule has 0 heterocycles. The van der Waals surface area contributed by atoms with Crippen molar-refractivity contribution in [3.05, 3.63) is 23.2 Å². The molecule has 0 aliphatic carbocycles. The van der Waals surface area contributed by atoms with Crippen LogP contribution in [-0.2, 0) is 0 Å². The summed E-state index contributed by atoms with van der Waals surface area (Å²) in [6.07, 6.45) is 0.535. The van der Waals surface area contributed by atoms with E-state index in [1.807, 2.05) is 25.1 Å². The summed E-state index contributed by atoms with van der Waals surface area (Å²) in [5.74, 6) is 0. The number of carbonyl (C=O) groups excluding carboxylic acids is 1. The Balaban J connectivity index is 2.58. The summed E-state index contributed by atoms with van der Waals surface area (Å²) in [5, 5.41) is 14.5. The number of anilines is 2. The molecule has 0 unspecified atom stereocenters. The predicted molar refractivity (Wildman–Crippen MR) is 74.5 cm³/mol. The Hall–Kier alpha value is -1.46. The Morgan fingerprint density at radius 1 is 1.44 bits per heavy atom. The zero-order chi connectivity index (χ0) is 13.5. The van der Waals surface area contributed by atoms with E-state index in [0.29, 0.717) is 23.7 Å². The largest absolute Gasteiger partial charge is 0.396 e. The minimum atomic E-state index is -0.308. The highest BCUT2D eigenvalue weighted by molar-refractivity contribution is 6.33. The Labute approximate surface area is 112 Å². The molecule has 0 atom stereocenters. The molecule has 0 aromatic heterocycles. The van der Waals surface area contributed by atoms with Crippen LogP contribution < -0.4 is 15.5 Å². The highest BCUT2D eigenvalue weighted by Gasteiger charge is 2.05. The second-order valence-corrected chi connectivity index (χ2v) is 4.43. The molecule has 0 radical (unpaired) electrons. The fourth-order valence-electron chi connectivity index (χ4n) is 1.40. The Morgan fingerprint density at radius 2 is 2.17 bits per heavy atom. The molecule has 0 fully saturated rings. The molecule has 0 spiro atoms. The number of benzene rings is 1. The van der Waals surface area contributed by atoms with Gasteiger partial charge in [-0.05, 0) is 24.6 Å². The molecule has 1 aromatic rings. The number of urea groups is 1. The first-order chi connectivity index (χ1) is 8.54. The van der Waals surface area contributed by atoms with Crippen molar-refractivity contribution in [3.8, 4) is 0 Å². The first-order valence-electron chi connectivity index (χ1n) is 5.67. The third kappa shape index (κ3) is 4.43. The van der Waals surface area contributed by atoms with Crippen LogP contribution in [0.2, 0.25) is 5.02 Å². The SMILES string of the molecule is CN(C)c1ccc(NC(=O)NCCCO)cc1Cl. The molecule has 1 aromatic carbocycles. The van der Waals surface area contributed by atoms with E-state index in [9.17, 15) is 4.79 Å². The monoisotopic (exact) mass is 271 g/mol. The molecule has 0 aliphatic rings. The molecule has 0 bridgehead atoms. The van der Waals surface area contributed by atoms with Gasteiger partial charge < -0.3 is 20.6 Å². The molecule has 6 heteroatoms. The van der Waals surface area contributed by atoms with Crippen LogP contribution in [-0.4, -0.2) is 38.4 Å². The predicted octanol–water partition coefficient (Wildman–Crippen LogP) is 1.91. The van der Waals surface area contributed by atoms with Gasteiger partial charge in [0.1, 0.15) is 0 Å². The van der Waals surface area contributed by atoms with Crippen LogP contribution in [0.25, 0.3) is 0 Å². The first kappa shape index (κ1) is 14.6. The standard InChI is InChI=1S/C12H18ClN3O2/c1-16(2)11-5-4-9(8-10(11)13)15-12(18)14-6-3-7-17/h4-5,8,17H,3,6-7H2,1-2H3,(H2,14,15,18). The average molecular weight is 272 g/mol. The minimum absolute atomic E-state index is 0.0592. The number of nitrogens with one attached hydrogen (secondary N) is 2. The van der Waals surface area contributed by atoms with Gasteiger partial charge in [0.2, 0.25) is 0 Å². The molecule has 18 heavy (non-hydrogen) atoms. The van der Waals surface area contributed by atoms with E-state index in [2.05, 4.69) is 10.6 Å². The molecule has 0 saturated carbocycles. The molecule has 3 N–H and O–H groups in total. The van der Waals surface area contributed by atoms with Gasteiger partial charge in [0, 0.05) is 32.9 Å². The molecule has 100 valence electrons. The number of halogens is 1. The van der Waals surface area contributed by atoms with Crippen molar-refractivity contribution < 1.29 is 9.90 Å². The molecule has 1 rings (SSSR count). The Bertz CT molecular complexity index is 410. The van der Waals surface area contributed by atoms with Gasteiger partial charge in [-0.3, -0.25) is 0 Å². The lowest BCUT2D eigenvalue weighted by molar-refractivity contribution is 0.249. The maximum Gasteiger partial charge on any atom is 0.319 e. The van der Waals surface area contributed by atoms with E-state index >= 15 is 0 Å². The van der Waals surface area contributed by atoms with Crippen LogP contribution in [0.5, 0.6) is 0 Å². The number of rotatable bonds is 5. The van der Waals surface area contributed by atoms with Crippen LogP contribution in [0.4, 0.5) is 16.2 Å². The van der Waals surface area contributed by atoms with Crippen LogP contribution in [0, 0.1) is 0 Å². The van der Waals surface area contributed by atoms with Gasteiger partial charge in [-0.25, -0.2) is 4.79 Å². The van der Waals surface area contributed by atoms with Gasteiger partial charge in [0.25, 0.3) is 0 Å². The summed E-state index contributed by atoms with van der Waals surface area (Å²) in [6.45, 7) is 0.496. The fourth-order valence-corrected chi connectivity index (χ4v) is 1.75. The molecular weight excluding hydrogens is 254 g/mol. The normalized spacial score (nSPS) is 10.0. The summed E-state index contributed by atoms with van der Waals surface area (Å²) in [6, 6.07) is 5.01. The average Bonchev–Trinajstić information content (AvgIpc) is 2.28. The maximum absolute atomic E-state index is 11.5. The van der Waals surface area contributed by atoms with Gasteiger partial charge in [-0.1, -0.05) is 11.6 Å². The topological polar surface area (TPSA) is 64.6 Å². The third-order valence-corrected chi connectivity index (χ3v) is 2.61. The fraction of sp³-hybridized carbons (Fsp3) is 0.417. The zero-order valence-electron chi connectivity index (χ0n) is 10.5. The van der Waals surface area contributed by atoms with Crippen molar-refractivity contribution >= 4 is 29.0 Å². The highest BCUT2D eigenvalue weighted by Crippen LogP contribution is 2.27. The second kappa shape index (κ2) is 7.08. The van der Waals surface area contributed by atoms with Crippen molar-refractivity contribution in [2.75, 3.05) is 37.5 Å². The lowest BCUT2D eigenvalue weighted by atomic mass is 10.2. The lowest BCUT2D eigenvalue weighted by Crippen LogP contribution is -2.29. The minimum Gasteiger partial charge on any atom is -0.396 e. The van der Waals surface area contributed by atoms with Crippen molar-refractivity contribution in [2.45, 2.75) is 6.42 Å². The van der Waals surface area contributed by atoms with E-state index in [4.69, 9.17) is 16.7 Å². The summed E-state index contributed by atoms with van der Waals surface area (Å²) < 4.78 is 0. The van der Waals surface area contributed by atoms with E-state index in [1.165, 1.54) is 0 Å².